The number of hydrogen-bond donors (Lipinski definition) is 2. The Labute approximate surface area is 111 Å². The number of anilines is 1. The maximum atomic E-state index is 12.0. The SMILES string of the molecule is CN1C(=O)C(NC(=O)O)COc2c(Br)ccnc21. The molecule has 1 unspecified atom stereocenters. The highest BCUT2D eigenvalue weighted by Crippen LogP contribution is 2.35. The van der Waals surface area contributed by atoms with Gasteiger partial charge in [0.05, 0.1) is 4.47 Å². The normalized spacial score (nSPS) is 18.7. The highest BCUT2D eigenvalue weighted by Gasteiger charge is 2.32. The number of hydrogen-bond acceptors (Lipinski definition) is 4. The molecule has 0 fully saturated rings. The van der Waals surface area contributed by atoms with Crippen molar-refractivity contribution < 1.29 is 19.4 Å². The molecule has 1 aliphatic heterocycles. The van der Waals surface area contributed by atoms with Crippen LogP contribution in [0.1, 0.15) is 0 Å². The van der Waals surface area contributed by atoms with Gasteiger partial charge < -0.3 is 15.2 Å². The van der Waals surface area contributed by atoms with Gasteiger partial charge in [0.15, 0.2) is 11.6 Å². The number of carbonyl (C=O) groups excluding carboxylic acids is 1. The van der Waals surface area contributed by atoms with Crippen molar-refractivity contribution >= 4 is 33.7 Å². The number of likely N-dealkylation sites (N-methyl/N-ethyl adjacent to an activating group) is 1. The topological polar surface area (TPSA) is 91.8 Å². The fourth-order valence-corrected chi connectivity index (χ4v) is 2.03. The maximum absolute atomic E-state index is 12.0. The number of aromatic nitrogens is 1. The summed E-state index contributed by atoms with van der Waals surface area (Å²) in [6.45, 7) is -0.0766. The number of fused-ring (bicyclic) bond motifs is 1. The zero-order valence-corrected chi connectivity index (χ0v) is 11.0. The van der Waals surface area contributed by atoms with E-state index >= 15 is 0 Å². The third-order valence-corrected chi connectivity index (χ3v) is 3.10. The number of amides is 2. The molecule has 18 heavy (non-hydrogen) atoms. The van der Waals surface area contributed by atoms with Gasteiger partial charge >= 0.3 is 6.09 Å². The number of nitrogens with zero attached hydrogens (tertiary/aromatic N) is 2. The third-order valence-electron chi connectivity index (χ3n) is 2.48. The summed E-state index contributed by atoms with van der Waals surface area (Å²) in [5.41, 5.74) is 0. The lowest BCUT2D eigenvalue weighted by Gasteiger charge is -2.18. The van der Waals surface area contributed by atoms with Gasteiger partial charge in [-0.3, -0.25) is 9.69 Å². The lowest BCUT2D eigenvalue weighted by molar-refractivity contribution is -0.120. The van der Waals surface area contributed by atoms with Gasteiger partial charge in [0.1, 0.15) is 12.6 Å². The number of nitrogens with one attached hydrogen (secondary N) is 1. The van der Waals surface area contributed by atoms with Crippen molar-refractivity contribution in [2.45, 2.75) is 6.04 Å². The largest absolute Gasteiger partial charge is 0.486 e. The molecule has 1 atom stereocenters. The highest BCUT2D eigenvalue weighted by molar-refractivity contribution is 9.10. The Morgan fingerprint density at radius 2 is 2.44 bits per heavy atom. The van der Waals surface area contributed by atoms with Crippen molar-refractivity contribution in [3.63, 3.8) is 0 Å². The second-order valence-corrected chi connectivity index (χ2v) is 4.51. The van der Waals surface area contributed by atoms with E-state index in [1.807, 2.05) is 0 Å². The lowest BCUT2D eigenvalue weighted by atomic mass is 10.3. The fraction of sp³-hybridized carbons (Fsp3) is 0.300. The molecule has 1 aliphatic rings. The van der Waals surface area contributed by atoms with Crippen LogP contribution in [0.3, 0.4) is 0 Å². The van der Waals surface area contributed by atoms with Gasteiger partial charge in [-0.05, 0) is 22.0 Å². The van der Waals surface area contributed by atoms with Crippen LogP contribution in [0.4, 0.5) is 10.6 Å². The Kier molecular flexibility index (Phi) is 3.37. The first-order valence-electron chi connectivity index (χ1n) is 5.05. The van der Waals surface area contributed by atoms with Crippen molar-refractivity contribution in [1.29, 1.82) is 0 Å². The van der Waals surface area contributed by atoms with Crippen LogP contribution in [-0.4, -0.2) is 41.8 Å². The number of carboxylic acid groups (broad SMARTS) is 1. The molecule has 2 N–H and O–H groups in total. The second-order valence-electron chi connectivity index (χ2n) is 3.66. The summed E-state index contributed by atoms with van der Waals surface area (Å²) in [4.78, 5) is 28.0. The summed E-state index contributed by atoms with van der Waals surface area (Å²) < 4.78 is 6.09. The summed E-state index contributed by atoms with van der Waals surface area (Å²) in [5, 5.41) is 10.8. The molecule has 2 amide bonds. The molecule has 1 aromatic heterocycles. The highest BCUT2D eigenvalue weighted by atomic mass is 79.9. The van der Waals surface area contributed by atoms with Gasteiger partial charge in [-0.15, -0.1) is 0 Å². The predicted octanol–water partition coefficient (Wildman–Crippen LogP) is 0.835. The van der Waals surface area contributed by atoms with E-state index in [9.17, 15) is 9.59 Å². The molecule has 96 valence electrons. The summed E-state index contributed by atoms with van der Waals surface area (Å²) in [6.07, 6.45) is 0.254. The van der Waals surface area contributed by atoms with Gasteiger partial charge in [0, 0.05) is 13.2 Å². The average molecular weight is 316 g/mol. The van der Waals surface area contributed by atoms with Crippen LogP contribution in [0.25, 0.3) is 0 Å². The molecule has 0 aliphatic carbocycles. The van der Waals surface area contributed by atoms with E-state index in [2.05, 4.69) is 26.2 Å². The van der Waals surface area contributed by atoms with Crippen molar-refractivity contribution in [3.05, 3.63) is 16.7 Å². The van der Waals surface area contributed by atoms with Gasteiger partial charge in [0.2, 0.25) is 0 Å². The summed E-state index contributed by atoms with van der Waals surface area (Å²) in [7, 11) is 1.52. The van der Waals surface area contributed by atoms with Crippen LogP contribution < -0.4 is 15.0 Å². The first-order valence-corrected chi connectivity index (χ1v) is 5.84. The monoisotopic (exact) mass is 315 g/mol. The molecule has 1 aromatic rings. The molecule has 8 heteroatoms. The number of rotatable bonds is 1. The minimum atomic E-state index is -1.27. The minimum Gasteiger partial charge on any atom is -0.486 e. The first-order chi connectivity index (χ1) is 8.50. The quantitative estimate of drug-likeness (QED) is 0.801. The van der Waals surface area contributed by atoms with E-state index in [4.69, 9.17) is 9.84 Å². The van der Waals surface area contributed by atoms with E-state index < -0.39 is 18.0 Å². The van der Waals surface area contributed by atoms with Gasteiger partial charge in [-0.1, -0.05) is 0 Å². The van der Waals surface area contributed by atoms with Crippen molar-refractivity contribution in [2.75, 3.05) is 18.6 Å². The van der Waals surface area contributed by atoms with E-state index in [0.717, 1.165) is 0 Å². The summed E-state index contributed by atoms with van der Waals surface area (Å²) in [6, 6.07) is 0.732. The number of ether oxygens (including phenoxy) is 1. The number of halogens is 1. The molecule has 0 radical (unpaired) electrons. The van der Waals surface area contributed by atoms with E-state index in [0.29, 0.717) is 16.0 Å². The number of carbonyl (C=O) groups is 2. The Morgan fingerprint density at radius 1 is 1.72 bits per heavy atom. The van der Waals surface area contributed by atoms with Crippen LogP contribution in [0.15, 0.2) is 16.7 Å². The zero-order chi connectivity index (χ0) is 13.3. The predicted molar refractivity (Wildman–Crippen MR) is 65.8 cm³/mol. The van der Waals surface area contributed by atoms with Gasteiger partial charge in [-0.25, -0.2) is 9.78 Å². The van der Waals surface area contributed by atoms with Crippen LogP contribution in [0.2, 0.25) is 0 Å². The van der Waals surface area contributed by atoms with Gasteiger partial charge in [-0.2, -0.15) is 0 Å². The van der Waals surface area contributed by atoms with Crippen molar-refractivity contribution in [2.24, 2.45) is 0 Å². The molecule has 0 aromatic carbocycles. The molecule has 2 heterocycles. The van der Waals surface area contributed by atoms with E-state index in [1.165, 1.54) is 18.1 Å². The lowest BCUT2D eigenvalue weighted by Crippen LogP contribution is -2.49. The van der Waals surface area contributed by atoms with Crippen molar-refractivity contribution in [1.82, 2.24) is 10.3 Å². The minimum absolute atomic E-state index is 0.0766. The standard InChI is InChI=1S/C10H10BrN3O4/c1-14-8-7(5(11)2-3-12-8)18-4-6(9(14)15)13-10(16)17/h2-3,6,13H,4H2,1H3,(H,16,17). The average Bonchev–Trinajstić information content (AvgIpc) is 2.43. The maximum Gasteiger partial charge on any atom is 0.405 e. The van der Waals surface area contributed by atoms with E-state index in [1.54, 1.807) is 6.07 Å². The first kappa shape index (κ1) is 12.6. The van der Waals surface area contributed by atoms with E-state index in [-0.39, 0.29) is 6.61 Å². The van der Waals surface area contributed by atoms with Crippen LogP contribution in [-0.2, 0) is 4.79 Å². The fourth-order valence-electron chi connectivity index (χ4n) is 1.62. The molecule has 7 nitrogen and oxygen atoms in total. The molecule has 0 saturated carbocycles. The van der Waals surface area contributed by atoms with Crippen LogP contribution in [0.5, 0.6) is 5.75 Å². The molecular weight excluding hydrogens is 306 g/mol. The summed E-state index contributed by atoms with van der Waals surface area (Å²) >= 11 is 3.30. The van der Waals surface area contributed by atoms with Crippen LogP contribution in [0, 0.1) is 0 Å². The zero-order valence-electron chi connectivity index (χ0n) is 9.38. The smallest absolute Gasteiger partial charge is 0.405 e. The second kappa shape index (κ2) is 4.81. The molecule has 0 bridgehead atoms. The molecule has 0 spiro atoms. The molecule has 0 saturated heterocycles. The molecular formula is C10H10BrN3O4. The summed E-state index contributed by atoms with van der Waals surface area (Å²) in [5.74, 6) is 0.355. The third kappa shape index (κ3) is 2.23. The Hall–Kier alpha value is -1.83. The van der Waals surface area contributed by atoms with Crippen molar-refractivity contribution in [3.8, 4) is 5.75 Å². The Bertz CT molecular complexity index is 508. The number of pyridine rings is 1. The van der Waals surface area contributed by atoms with Gasteiger partial charge in [0.25, 0.3) is 5.91 Å². The Balaban J connectivity index is 2.36. The molecule has 2 rings (SSSR count). The Morgan fingerprint density at radius 3 is 3.11 bits per heavy atom. The van der Waals surface area contributed by atoms with Crippen LogP contribution >= 0.6 is 15.9 Å².